The van der Waals surface area contributed by atoms with E-state index in [1.54, 1.807) is 47.3 Å². The van der Waals surface area contributed by atoms with Gasteiger partial charge in [0.2, 0.25) is 10.7 Å². The summed E-state index contributed by atoms with van der Waals surface area (Å²) in [5, 5.41) is 0.275. The quantitative estimate of drug-likeness (QED) is 0.187. The molecule has 0 aliphatic carbocycles. The van der Waals surface area contributed by atoms with E-state index in [1.807, 2.05) is 0 Å². The fourth-order valence-electron chi connectivity index (χ4n) is 3.00. The summed E-state index contributed by atoms with van der Waals surface area (Å²) < 4.78 is 45.0. The van der Waals surface area contributed by atoms with Crippen molar-refractivity contribution in [3.8, 4) is 22.4 Å². The van der Waals surface area contributed by atoms with Gasteiger partial charge in [-0.25, -0.2) is 23.3 Å². The van der Waals surface area contributed by atoms with Gasteiger partial charge >= 0.3 is 0 Å². The molecule has 3 aromatic heterocycles. The third kappa shape index (κ3) is 3.73. The van der Waals surface area contributed by atoms with Gasteiger partial charge in [0.15, 0.2) is 34.3 Å². The lowest BCUT2D eigenvalue weighted by molar-refractivity contribution is 0.469. The standard InChI is InChI=1S/C20H8F2IN3O4S2/c21-9-5-10(22)7-12(6-9)28-11-1-2-13-15(8-11)32-19(25-13)26-18(27)16-17(29-20(26)31)14(30-23)3-4-24-16/h1-8H. The molecule has 12 heteroatoms. The molecule has 5 rings (SSSR count). The van der Waals surface area contributed by atoms with Crippen LogP contribution in [0.25, 0.3) is 26.4 Å². The number of ether oxygens (including phenoxy) is 1. The Balaban J connectivity index is 1.59. The fourth-order valence-corrected chi connectivity index (χ4v) is 4.65. The van der Waals surface area contributed by atoms with Crippen LogP contribution in [0, 0.1) is 16.5 Å². The van der Waals surface area contributed by atoms with E-state index in [0.29, 0.717) is 21.7 Å². The van der Waals surface area contributed by atoms with Crippen molar-refractivity contribution in [1.82, 2.24) is 14.5 Å². The topological polar surface area (TPSA) is 79.4 Å². The number of thiazole rings is 1. The summed E-state index contributed by atoms with van der Waals surface area (Å²) in [7, 11) is 0. The Morgan fingerprint density at radius 1 is 1.09 bits per heavy atom. The van der Waals surface area contributed by atoms with Gasteiger partial charge in [0, 0.05) is 36.5 Å². The molecule has 0 amide bonds. The summed E-state index contributed by atoms with van der Waals surface area (Å²) in [5.74, 6) is -0.807. The Morgan fingerprint density at radius 3 is 2.62 bits per heavy atom. The summed E-state index contributed by atoms with van der Waals surface area (Å²) >= 11 is 8.12. The van der Waals surface area contributed by atoms with E-state index in [9.17, 15) is 13.6 Å². The van der Waals surface area contributed by atoms with Crippen molar-refractivity contribution in [2.75, 3.05) is 0 Å². The summed E-state index contributed by atoms with van der Waals surface area (Å²) in [6, 6.07) is 9.37. The minimum Gasteiger partial charge on any atom is -0.457 e. The van der Waals surface area contributed by atoms with Crippen molar-refractivity contribution < 1.29 is 21.0 Å². The number of aromatic nitrogens is 3. The first kappa shape index (κ1) is 20.9. The lowest BCUT2D eigenvalue weighted by Gasteiger charge is -2.05. The second-order valence-corrected chi connectivity index (χ2v) is 8.20. The highest BCUT2D eigenvalue weighted by atomic mass is 127. The zero-order valence-corrected chi connectivity index (χ0v) is 19.3. The van der Waals surface area contributed by atoms with Crippen LogP contribution in [0.5, 0.6) is 17.2 Å². The van der Waals surface area contributed by atoms with E-state index in [2.05, 4.69) is 9.97 Å². The van der Waals surface area contributed by atoms with Crippen LogP contribution < -0.4 is 13.4 Å². The maximum absolute atomic E-state index is 13.4. The number of halogens is 3. The number of nitrogens with zero attached hydrogens (tertiary/aromatic N) is 3. The maximum atomic E-state index is 13.4. The highest BCUT2D eigenvalue weighted by molar-refractivity contribution is 14.1. The molecule has 0 saturated heterocycles. The summed E-state index contributed by atoms with van der Waals surface area (Å²) in [6.07, 6.45) is 1.43. The molecular weight excluding hydrogens is 575 g/mol. The second-order valence-electron chi connectivity index (χ2n) is 6.41. The molecule has 0 aliphatic heterocycles. The van der Waals surface area contributed by atoms with E-state index < -0.39 is 17.2 Å². The van der Waals surface area contributed by atoms with Crippen LogP contribution in [0.3, 0.4) is 0 Å². The van der Waals surface area contributed by atoms with E-state index in [1.165, 1.54) is 6.20 Å². The fraction of sp³-hybridized carbons (Fsp3) is 0. The van der Waals surface area contributed by atoms with Gasteiger partial charge in [-0.2, -0.15) is 0 Å². The zero-order chi connectivity index (χ0) is 22.4. The molecule has 0 unspecified atom stereocenters. The monoisotopic (exact) mass is 583 g/mol. The molecule has 0 spiro atoms. The van der Waals surface area contributed by atoms with E-state index >= 15 is 0 Å². The summed E-state index contributed by atoms with van der Waals surface area (Å²) in [4.78, 5) is 21.5. The van der Waals surface area contributed by atoms with Gasteiger partial charge in [0.1, 0.15) is 23.1 Å². The van der Waals surface area contributed by atoms with Gasteiger partial charge in [-0.1, -0.05) is 11.3 Å². The first-order valence-corrected chi connectivity index (χ1v) is 10.9. The predicted molar refractivity (Wildman–Crippen MR) is 125 cm³/mol. The van der Waals surface area contributed by atoms with Gasteiger partial charge in [0.25, 0.3) is 10.4 Å². The van der Waals surface area contributed by atoms with Crippen LogP contribution in [0.2, 0.25) is 0 Å². The Morgan fingerprint density at radius 2 is 1.88 bits per heavy atom. The van der Waals surface area contributed by atoms with Crippen LogP contribution >= 0.6 is 46.6 Å². The first-order chi connectivity index (χ1) is 15.4. The molecule has 3 heterocycles. The highest BCUT2D eigenvalue weighted by Crippen LogP contribution is 2.32. The van der Waals surface area contributed by atoms with Crippen LogP contribution in [-0.2, 0) is 0 Å². The third-order valence-corrected chi connectivity index (χ3v) is 6.08. The smallest absolute Gasteiger partial charge is 0.290 e. The second kappa shape index (κ2) is 8.18. The van der Waals surface area contributed by atoms with E-state index in [-0.39, 0.29) is 26.8 Å². The first-order valence-electron chi connectivity index (χ1n) is 8.81. The van der Waals surface area contributed by atoms with Gasteiger partial charge in [0.05, 0.1) is 10.2 Å². The van der Waals surface area contributed by atoms with Crippen molar-refractivity contribution in [1.29, 1.82) is 0 Å². The van der Waals surface area contributed by atoms with E-state index in [0.717, 1.165) is 34.1 Å². The average molecular weight is 583 g/mol. The number of hydrogen-bond donors (Lipinski definition) is 0. The molecule has 0 aliphatic rings. The minimum absolute atomic E-state index is 0.0170. The maximum Gasteiger partial charge on any atom is 0.290 e. The van der Waals surface area contributed by atoms with Crippen LogP contribution in [-0.4, -0.2) is 14.5 Å². The Labute approximate surface area is 200 Å². The Kier molecular flexibility index (Phi) is 5.35. The van der Waals surface area contributed by atoms with Gasteiger partial charge in [-0.05, 0) is 24.4 Å². The molecule has 0 N–H and O–H groups in total. The van der Waals surface area contributed by atoms with Crippen molar-refractivity contribution in [2.45, 2.75) is 0 Å². The van der Waals surface area contributed by atoms with Gasteiger partial charge in [-0.3, -0.25) is 4.79 Å². The normalized spacial score (nSPS) is 11.2. The number of fused-ring (bicyclic) bond motifs is 2. The van der Waals surface area contributed by atoms with Crippen molar-refractivity contribution in [3.05, 3.63) is 75.5 Å². The molecule has 0 atom stereocenters. The Hall–Kier alpha value is -2.97. The number of rotatable bonds is 4. The lowest BCUT2D eigenvalue weighted by Crippen LogP contribution is -2.19. The van der Waals surface area contributed by atoms with Crippen molar-refractivity contribution in [3.63, 3.8) is 0 Å². The van der Waals surface area contributed by atoms with Gasteiger partial charge in [-0.15, -0.1) is 0 Å². The Bertz CT molecular complexity index is 1610. The molecule has 0 radical (unpaired) electrons. The summed E-state index contributed by atoms with van der Waals surface area (Å²) in [5.41, 5.74) is 0.259. The molecule has 0 saturated carbocycles. The van der Waals surface area contributed by atoms with Crippen LogP contribution in [0.4, 0.5) is 8.78 Å². The van der Waals surface area contributed by atoms with Crippen LogP contribution in [0.1, 0.15) is 0 Å². The SMILES string of the molecule is O=c1c2nccc(OI)c2oc(=S)n1-c1nc2ccc(Oc3cc(F)cc(F)c3)cc2s1. The molecule has 32 heavy (non-hydrogen) atoms. The zero-order valence-electron chi connectivity index (χ0n) is 15.5. The number of benzene rings is 2. The predicted octanol–water partition coefficient (Wildman–Crippen LogP) is 6.12. The summed E-state index contributed by atoms with van der Waals surface area (Å²) in [6.45, 7) is 0. The van der Waals surface area contributed by atoms with Crippen molar-refractivity contribution >= 4 is 67.9 Å². The molecule has 5 aromatic rings. The average Bonchev–Trinajstić information content (AvgIpc) is 3.15. The molecule has 0 fully saturated rings. The molecule has 160 valence electrons. The van der Waals surface area contributed by atoms with E-state index in [4.69, 9.17) is 24.4 Å². The van der Waals surface area contributed by atoms with Gasteiger partial charge < -0.3 is 12.2 Å². The van der Waals surface area contributed by atoms with Crippen LogP contribution in [0.15, 0.2) is 57.9 Å². The number of pyridine rings is 1. The molecule has 7 nitrogen and oxygen atoms in total. The molecule has 0 bridgehead atoms. The number of hydrogen-bond acceptors (Lipinski definition) is 8. The molecular formula is C20H8F2IN3O4S2. The largest absolute Gasteiger partial charge is 0.457 e. The third-order valence-electron chi connectivity index (χ3n) is 4.34. The lowest BCUT2D eigenvalue weighted by atomic mass is 10.3. The minimum atomic E-state index is -0.747. The highest BCUT2D eigenvalue weighted by Gasteiger charge is 2.17. The molecule has 2 aromatic carbocycles. The van der Waals surface area contributed by atoms with Crippen molar-refractivity contribution in [2.24, 2.45) is 0 Å².